The van der Waals surface area contributed by atoms with Gasteiger partial charge in [0.1, 0.15) is 17.1 Å². The second-order valence-electron chi connectivity index (χ2n) is 15.4. The van der Waals surface area contributed by atoms with Crippen LogP contribution in [0.1, 0.15) is 74.5 Å². The van der Waals surface area contributed by atoms with E-state index < -0.39 is 17.6 Å². The number of anilines is 2. The van der Waals surface area contributed by atoms with Crippen LogP contribution in [0.5, 0.6) is 0 Å². The van der Waals surface area contributed by atoms with Crippen LogP contribution in [0.3, 0.4) is 0 Å². The molecule has 0 radical (unpaired) electrons. The summed E-state index contributed by atoms with van der Waals surface area (Å²) in [5.41, 5.74) is 4.61. The number of pyridine rings is 1. The Morgan fingerprint density at radius 1 is 0.946 bits per heavy atom. The standard InChI is InChI=1S/C41H48N10O5/c1-25-20-34(39(54)45-36-18-19-51(5)48-36)42-24-33(25)28-10-6-26(7-11-28)21-31(38(53)44-32-16-14-30(15-17-32)37-46-49-50-47-37)22-35(52)29-12-8-27(9-13-29)23-43-40(55)56-41(2,3)4/h6-7,10-11,14-20,24,27,29,31H,8-9,12-13,21-23H2,1-5H3,(H,43,55)(H,44,53)(H,45,48,54)(H,46,47,49,50)/t27?,29?,31-/m1/s1. The number of alkyl carbamates (subject to hydrolysis) is 1. The molecule has 6 rings (SSSR count). The zero-order chi connectivity index (χ0) is 39.8. The topological polar surface area (TPSA) is 199 Å². The molecule has 1 aliphatic rings. The Bertz CT molecular complexity index is 2130. The number of aryl methyl sites for hydroxylation is 2. The van der Waals surface area contributed by atoms with Crippen LogP contribution in [0.2, 0.25) is 0 Å². The number of tetrazole rings is 1. The van der Waals surface area contributed by atoms with Crippen LogP contribution in [0, 0.1) is 24.7 Å². The monoisotopic (exact) mass is 760 g/mol. The number of benzene rings is 2. The van der Waals surface area contributed by atoms with E-state index >= 15 is 0 Å². The minimum atomic E-state index is -0.614. The molecule has 2 aromatic carbocycles. The summed E-state index contributed by atoms with van der Waals surface area (Å²) in [6.45, 7) is 7.91. The maximum Gasteiger partial charge on any atom is 0.407 e. The highest BCUT2D eigenvalue weighted by Crippen LogP contribution is 2.32. The molecule has 0 aliphatic heterocycles. The van der Waals surface area contributed by atoms with E-state index in [1.807, 2.05) is 52.0 Å². The van der Waals surface area contributed by atoms with Crippen molar-refractivity contribution in [2.75, 3.05) is 17.2 Å². The van der Waals surface area contributed by atoms with Crippen LogP contribution in [0.25, 0.3) is 22.5 Å². The van der Waals surface area contributed by atoms with E-state index in [2.05, 4.69) is 46.7 Å². The van der Waals surface area contributed by atoms with E-state index in [-0.39, 0.29) is 41.5 Å². The molecule has 1 fully saturated rings. The average molecular weight is 761 g/mol. The number of carbonyl (C=O) groups excluding carboxylic acids is 4. The number of carbonyl (C=O) groups is 4. The largest absolute Gasteiger partial charge is 0.444 e. The van der Waals surface area contributed by atoms with Gasteiger partial charge in [0.05, 0.1) is 0 Å². The number of ether oxygens (including phenoxy) is 1. The van der Waals surface area contributed by atoms with E-state index in [1.54, 1.807) is 60.5 Å². The number of hydrogen-bond acceptors (Lipinski definition) is 10. The summed E-state index contributed by atoms with van der Waals surface area (Å²) in [4.78, 5) is 57.0. The first kappa shape index (κ1) is 39.4. The number of amides is 3. The number of hydrogen-bond donors (Lipinski definition) is 4. The number of ketones is 1. The van der Waals surface area contributed by atoms with Gasteiger partial charge in [-0.15, -0.1) is 10.2 Å². The number of aromatic nitrogens is 7. The molecular formula is C41H48N10O5. The van der Waals surface area contributed by atoms with Gasteiger partial charge in [-0.25, -0.2) is 4.79 Å². The van der Waals surface area contributed by atoms with Gasteiger partial charge in [-0.1, -0.05) is 24.3 Å². The van der Waals surface area contributed by atoms with Crippen LogP contribution in [-0.2, 0) is 27.8 Å². The van der Waals surface area contributed by atoms with Gasteiger partial charge < -0.3 is 20.7 Å². The fourth-order valence-corrected chi connectivity index (χ4v) is 6.88. The van der Waals surface area contributed by atoms with Crippen molar-refractivity contribution in [3.05, 3.63) is 89.9 Å². The van der Waals surface area contributed by atoms with E-state index in [4.69, 9.17) is 4.74 Å². The van der Waals surface area contributed by atoms with Gasteiger partial charge in [-0.2, -0.15) is 10.3 Å². The first-order valence-electron chi connectivity index (χ1n) is 18.8. The van der Waals surface area contributed by atoms with Gasteiger partial charge in [-0.3, -0.25) is 24.0 Å². The Kier molecular flexibility index (Phi) is 12.3. The average Bonchev–Trinajstić information content (AvgIpc) is 3.86. The third kappa shape index (κ3) is 10.7. The number of nitrogens with one attached hydrogen (secondary N) is 4. The van der Waals surface area contributed by atoms with Crippen molar-refractivity contribution >= 4 is 35.2 Å². The van der Waals surface area contributed by atoms with Crippen molar-refractivity contribution in [2.45, 2.75) is 71.8 Å². The van der Waals surface area contributed by atoms with Crippen molar-refractivity contribution < 1.29 is 23.9 Å². The Hall–Kier alpha value is -6.25. The lowest BCUT2D eigenvalue weighted by atomic mass is 9.77. The minimum absolute atomic E-state index is 0.0710. The lowest BCUT2D eigenvalue weighted by Crippen LogP contribution is -2.37. The normalized spacial score (nSPS) is 16.1. The third-order valence-corrected chi connectivity index (χ3v) is 9.86. The smallest absolute Gasteiger partial charge is 0.407 e. The number of aromatic amines is 1. The second-order valence-corrected chi connectivity index (χ2v) is 15.4. The molecular weight excluding hydrogens is 713 g/mol. The zero-order valence-corrected chi connectivity index (χ0v) is 32.3. The molecule has 1 aliphatic carbocycles. The quantitative estimate of drug-likeness (QED) is 0.105. The summed E-state index contributed by atoms with van der Waals surface area (Å²) in [6.07, 6.45) is 6.47. The number of rotatable bonds is 13. The summed E-state index contributed by atoms with van der Waals surface area (Å²) < 4.78 is 6.97. The molecule has 0 saturated heterocycles. The Balaban J connectivity index is 1.11. The van der Waals surface area contributed by atoms with Crippen LogP contribution >= 0.6 is 0 Å². The fraction of sp³-hybridized carbons (Fsp3) is 0.390. The molecule has 3 amide bonds. The number of nitrogens with zero attached hydrogens (tertiary/aromatic N) is 6. The molecule has 5 aromatic rings. The summed E-state index contributed by atoms with van der Waals surface area (Å²) >= 11 is 0. The predicted molar refractivity (Wildman–Crippen MR) is 210 cm³/mol. The van der Waals surface area contributed by atoms with Crippen molar-refractivity contribution in [1.82, 2.24) is 40.7 Å². The fourth-order valence-electron chi connectivity index (χ4n) is 6.88. The molecule has 15 heteroatoms. The van der Waals surface area contributed by atoms with Gasteiger partial charge in [0.2, 0.25) is 11.7 Å². The molecule has 3 aromatic heterocycles. The van der Waals surface area contributed by atoms with Crippen LogP contribution < -0.4 is 16.0 Å². The Morgan fingerprint density at radius 3 is 2.29 bits per heavy atom. The van der Waals surface area contributed by atoms with Gasteiger partial charge in [0.25, 0.3) is 5.91 Å². The van der Waals surface area contributed by atoms with Gasteiger partial charge in [0.15, 0.2) is 5.82 Å². The highest BCUT2D eigenvalue weighted by atomic mass is 16.6. The minimum Gasteiger partial charge on any atom is -0.444 e. The van der Waals surface area contributed by atoms with E-state index in [0.29, 0.717) is 43.1 Å². The maximum atomic E-state index is 13.9. The zero-order valence-electron chi connectivity index (χ0n) is 32.3. The summed E-state index contributed by atoms with van der Waals surface area (Å²) in [5, 5.41) is 26.9. The second kappa shape index (κ2) is 17.5. The molecule has 3 heterocycles. The molecule has 1 atom stereocenters. The highest BCUT2D eigenvalue weighted by Gasteiger charge is 2.31. The SMILES string of the molecule is Cc1cc(C(=O)Nc2ccn(C)n2)ncc1-c1ccc(C[C@H](CC(=O)C2CCC(CNC(=O)OC(C)(C)C)CC2)C(=O)Nc2ccc(-c3nn[nH]n3)cc2)cc1. The summed E-state index contributed by atoms with van der Waals surface area (Å²) in [6, 6.07) is 18.4. The van der Waals surface area contributed by atoms with Crippen LogP contribution in [0.15, 0.2) is 73.1 Å². The first-order valence-corrected chi connectivity index (χ1v) is 18.8. The van der Waals surface area contributed by atoms with Gasteiger partial charge in [-0.05, 0) is 118 Å². The van der Waals surface area contributed by atoms with Crippen molar-refractivity contribution in [3.63, 3.8) is 0 Å². The van der Waals surface area contributed by atoms with Crippen molar-refractivity contribution in [1.29, 1.82) is 0 Å². The van der Waals surface area contributed by atoms with Crippen molar-refractivity contribution in [2.24, 2.45) is 24.8 Å². The number of H-pyrrole nitrogens is 1. The van der Waals surface area contributed by atoms with E-state index in [0.717, 1.165) is 40.7 Å². The molecule has 1 saturated carbocycles. The van der Waals surface area contributed by atoms with E-state index in [9.17, 15) is 19.2 Å². The Labute approximate surface area is 325 Å². The van der Waals surface area contributed by atoms with Crippen LogP contribution in [-0.4, -0.2) is 71.2 Å². The Morgan fingerprint density at radius 2 is 1.66 bits per heavy atom. The first-order chi connectivity index (χ1) is 26.8. The highest BCUT2D eigenvalue weighted by molar-refractivity contribution is 6.02. The third-order valence-electron chi connectivity index (χ3n) is 9.86. The molecule has 0 spiro atoms. The van der Waals surface area contributed by atoms with Crippen molar-refractivity contribution in [3.8, 4) is 22.5 Å². The summed E-state index contributed by atoms with van der Waals surface area (Å²) in [5.74, 6) is -0.136. The number of Topliss-reactive ketones (excluding diaryl/α,β-unsaturated/α-hetero) is 1. The molecule has 0 unspecified atom stereocenters. The molecule has 4 N–H and O–H groups in total. The summed E-state index contributed by atoms with van der Waals surface area (Å²) in [7, 11) is 1.77. The molecule has 0 bridgehead atoms. The lowest BCUT2D eigenvalue weighted by molar-refractivity contribution is -0.129. The predicted octanol–water partition coefficient (Wildman–Crippen LogP) is 6.31. The van der Waals surface area contributed by atoms with Gasteiger partial charge in [0, 0.05) is 67.1 Å². The lowest BCUT2D eigenvalue weighted by Gasteiger charge is -2.29. The maximum absolute atomic E-state index is 13.9. The van der Waals surface area contributed by atoms with E-state index in [1.165, 1.54) is 0 Å². The van der Waals surface area contributed by atoms with Gasteiger partial charge >= 0.3 is 6.09 Å². The molecule has 56 heavy (non-hydrogen) atoms. The molecule has 292 valence electrons. The van der Waals surface area contributed by atoms with Crippen LogP contribution in [0.4, 0.5) is 16.3 Å². The molecule has 15 nitrogen and oxygen atoms in total.